The van der Waals surface area contributed by atoms with Crippen molar-refractivity contribution in [3.05, 3.63) is 16.6 Å². The molecule has 3 N–H and O–H groups in total. The van der Waals surface area contributed by atoms with Crippen molar-refractivity contribution in [3.8, 4) is 0 Å². The van der Waals surface area contributed by atoms with E-state index >= 15 is 0 Å². The van der Waals surface area contributed by atoms with Crippen LogP contribution in [0.15, 0.2) is 10.9 Å². The van der Waals surface area contributed by atoms with Crippen LogP contribution in [0.1, 0.15) is 31.9 Å². The number of hydrogen-bond donors (Lipinski definition) is 2. The molecule has 5 heteroatoms. The van der Waals surface area contributed by atoms with Crippen LogP contribution in [0.3, 0.4) is 0 Å². The lowest BCUT2D eigenvalue weighted by Gasteiger charge is -2.09. The number of aromatic nitrogens is 1. The van der Waals surface area contributed by atoms with Gasteiger partial charge in [0.1, 0.15) is 0 Å². The number of carbonyl (C=O) groups excluding carboxylic acids is 1. The Hall–Kier alpha value is -0.940. The molecule has 0 saturated carbocycles. The fraction of sp³-hybridized carbons (Fsp3) is 0.667. The number of nitrogens with zero attached hydrogens (tertiary/aromatic N) is 1. The number of hydrogen-bond acceptors (Lipinski definition) is 4. The zero-order valence-electron chi connectivity index (χ0n) is 10.3. The van der Waals surface area contributed by atoms with Gasteiger partial charge in [0.25, 0.3) is 0 Å². The Morgan fingerprint density at radius 1 is 1.59 bits per heavy atom. The van der Waals surface area contributed by atoms with Crippen LogP contribution in [0.2, 0.25) is 0 Å². The maximum absolute atomic E-state index is 11.5. The van der Waals surface area contributed by atoms with E-state index < -0.39 is 0 Å². The number of carbonyl (C=O) groups is 1. The Balaban J connectivity index is 2.05. The smallest absolute Gasteiger partial charge is 0.220 e. The average molecular weight is 255 g/mol. The molecule has 1 unspecified atom stereocenters. The zero-order chi connectivity index (χ0) is 12.5. The second-order valence-electron chi connectivity index (χ2n) is 4.30. The molecule has 0 aliphatic heterocycles. The molecule has 1 aromatic rings. The maximum atomic E-state index is 11.5. The van der Waals surface area contributed by atoms with Gasteiger partial charge in [0.05, 0.1) is 11.2 Å². The van der Waals surface area contributed by atoms with E-state index in [0.29, 0.717) is 25.4 Å². The molecule has 0 aliphatic carbocycles. The molecule has 96 valence electrons. The third-order valence-corrected chi connectivity index (χ3v) is 3.35. The van der Waals surface area contributed by atoms with Gasteiger partial charge < -0.3 is 11.1 Å². The Bertz CT molecular complexity index is 314. The average Bonchev–Trinajstić information content (AvgIpc) is 2.80. The SMILES string of the molecule is CC(CCN)CCC(=O)NCCc1cscn1. The standard InChI is InChI=1S/C12H21N3OS/c1-10(4-6-13)2-3-12(16)14-7-5-11-8-17-9-15-11/h8-10H,2-7,13H2,1H3,(H,14,16). The van der Waals surface area contributed by atoms with Crippen molar-refractivity contribution in [1.82, 2.24) is 10.3 Å². The van der Waals surface area contributed by atoms with E-state index in [2.05, 4.69) is 17.2 Å². The van der Waals surface area contributed by atoms with Gasteiger partial charge in [-0.05, 0) is 25.3 Å². The van der Waals surface area contributed by atoms with Crippen molar-refractivity contribution in [1.29, 1.82) is 0 Å². The summed E-state index contributed by atoms with van der Waals surface area (Å²) in [7, 11) is 0. The third-order valence-electron chi connectivity index (χ3n) is 2.71. The van der Waals surface area contributed by atoms with Crippen molar-refractivity contribution >= 4 is 17.2 Å². The number of rotatable bonds is 8. The van der Waals surface area contributed by atoms with Gasteiger partial charge in [0, 0.05) is 24.8 Å². The number of nitrogens with two attached hydrogens (primary N) is 1. The molecule has 1 amide bonds. The van der Waals surface area contributed by atoms with Gasteiger partial charge in [0.2, 0.25) is 5.91 Å². The quantitative estimate of drug-likeness (QED) is 0.741. The Morgan fingerprint density at radius 2 is 2.41 bits per heavy atom. The van der Waals surface area contributed by atoms with Crippen molar-refractivity contribution in [2.75, 3.05) is 13.1 Å². The molecule has 0 aromatic carbocycles. The van der Waals surface area contributed by atoms with Gasteiger partial charge in [-0.15, -0.1) is 11.3 Å². The molecule has 0 aliphatic rings. The van der Waals surface area contributed by atoms with E-state index in [1.165, 1.54) is 0 Å². The monoisotopic (exact) mass is 255 g/mol. The predicted molar refractivity (Wildman–Crippen MR) is 70.9 cm³/mol. The molecule has 0 radical (unpaired) electrons. The molecule has 0 bridgehead atoms. The molecule has 17 heavy (non-hydrogen) atoms. The summed E-state index contributed by atoms with van der Waals surface area (Å²) >= 11 is 1.58. The molecule has 1 heterocycles. The predicted octanol–water partition coefficient (Wildman–Crippen LogP) is 1.57. The van der Waals surface area contributed by atoms with Gasteiger partial charge in [-0.2, -0.15) is 0 Å². The number of thiazole rings is 1. The first-order valence-corrected chi connectivity index (χ1v) is 7.00. The minimum absolute atomic E-state index is 0.129. The molecule has 1 aromatic heterocycles. The van der Waals surface area contributed by atoms with E-state index in [1.54, 1.807) is 11.3 Å². The zero-order valence-corrected chi connectivity index (χ0v) is 11.1. The molecule has 0 fully saturated rings. The Kier molecular flexibility index (Phi) is 6.81. The van der Waals surface area contributed by atoms with Gasteiger partial charge in [0.15, 0.2) is 0 Å². The summed E-state index contributed by atoms with van der Waals surface area (Å²) in [5.41, 5.74) is 8.32. The summed E-state index contributed by atoms with van der Waals surface area (Å²) in [5.74, 6) is 0.661. The first kappa shape index (κ1) is 14.1. The highest BCUT2D eigenvalue weighted by atomic mass is 32.1. The molecular weight excluding hydrogens is 234 g/mol. The van der Waals surface area contributed by atoms with Crippen LogP contribution in [0.25, 0.3) is 0 Å². The van der Waals surface area contributed by atoms with Crippen LogP contribution in [-0.2, 0) is 11.2 Å². The molecule has 0 spiro atoms. The minimum Gasteiger partial charge on any atom is -0.356 e. The fourth-order valence-electron chi connectivity index (χ4n) is 1.59. The molecule has 1 atom stereocenters. The first-order valence-electron chi connectivity index (χ1n) is 6.06. The summed E-state index contributed by atoms with van der Waals surface area (Å²) in [6.07, 6.45) is 3.32. The maximum Gasteiger partial charge on any atom is 0.220 e. The Morgan fingerprint density at radius 3 is 3.06 bits per heavy atom. The van der Waals surface area contributed by atoms with E-state index in [9.17, 15) is 4.79 Å². The number of amides is 1. The molecule has 4 nitrogen and oxygen atoms in total. The summed E-state index contributed by atoms with van der Waals surface area (Å²) in [6, 6.07) is 0. The second kappa shape index (κ2) is 8.20. The highest BCUT2D eigenvalue weighted by molar-refractivity contribution is 7.07. The lowest BCUT2D eigenvalue weighted by molar-refractivity contribution is -0.121. The van der Waals surface area contributed by atoms with Crippen molar-refractivity contribution < 1.29 is 4.79 Å². The minimum atomic E-state index is 0.129. The van der Waals surface area contributed by atoms with E-state index in [-0.39, 0.29) is 5.91 Å². The highest BCUT2D eigenvalue weighted by Gasteiger charge is 2.06. The van der Waals surface area contributed by atoms with Gasteiger partial charge in [-0.1, -0.05) is 6.92 Å². The largest absolute Gasteiger partial charge is 0.356 e. The number of nitrogens with one attached hydrogen (secondary N) is 1. The lowest BCUT2D eigenvalue weighted by atomic mass is 10.0. The van der Waals surface area contributed by atoms with Gasteiger partial charge >= 0.3 is 0 Å². The summed E-state index contributed by atoms with van der Waals surface area (Å²) < 4.78 is 0. The van der Waals surface area contributed by atoms with Crippen LogP contribution in [0.5, 0.6) is 0 Å². The van der Waals surface area contributed by atoms with Crippen LogP contribution in [0.4, 0.5) is 0 Å². The summed E-state index contributed by atoms with van der Waals surface area (Å²) in [4.78, 5) is 15.7. The summed E-state index contributed by atoms with van der Waals surface area (Å²) in [6.45, 7) is 3.51. The topological polar surface area (TPSA) is 68.0 Å². The highest BCUT2D eigenvalue weighted by Crippen LogP contribution is 2.08. The van der Waals surface area contributed by atoms with Crippen LogP contribution >= 0.6 is 11.3 Å². The van der Waals surface area contributed by atoms with Crippen LogP contribution in [-0.4, -0.2) is 24.0 Å². The molecule has 0 saturated heterocycles. The van der Waals surface area contributed by atoms with E-state index in [0.717, 1.165) is 25.0 Å². The van der Waals surface area contributed by atoms with Gasteiger partial charge in [-0.25, -0.2) is 4.98 Å². The van der Waals surface area contributed by atoms with E-state index in [1.807, 2.05) is 10.9 Å². The molecule has 1 rings (SSSR count). The second-order valence-corrected chi connectivity index (χ2v) is 5.02. The van der Waals surface area contributed by atoms with Crippen LogP contribution < -0.4 is 11.1 Å². The summed E-state index contributed by atoms with van der Waals surface area (Å²) in [5, 5.41) is 4.92. The van der Waals surface area contributed by atoms with Crippen molar-refractivity contribution in [2.24, 2.45) is 11.7 Å². The first-order chi connectivity index (χ1) is 8.22. The van der Waals surface area contributed by atoms with E-state index in [4.69, 9.17) is 5.73 Å². The third kappa shape index (κ3) is 6.38. The van der Waals surface area contributed by atoms with Gasteiger partial charge in [-0.3, -0.25) is 4.79 Å². The fourth-order valence-corrected chi connectivity index (χ4v) is 2.18. The normalized spacial score (nSPS) is 12.4. The van der Waals surface area contributed by atoms with Crippen LogP contribution in [0, 0.1) is 5.92 Å². The van der Waals surface area contributed by atoms with Crippen molar-refractivity contribution in [2.45, 2.75) is 32.6 Å². The van der Waals surface area contributed by atoms with Crippen molar-refractivity contribution in [3.63, 3.8) is 0 Å². The molecular formula is C12H21N3OS. The lowest BCUT2D eigenvalue weighted by Crippen LogP contribution is -2.26. The Labute approximate surface area is 107 Å².